The van der Waals surface area contributed by atoms with E-state index in [2.05, 4.69) is 5.32 Å². The van der Waals surface area contributed by atoms with Crippen LogP contribution in [0.3, 0.4) is 0 Å². The third-order valence-electron chi connectivity index (χ3n) is 2.76. The normalized spacial score (nSPS) is 12.8. The lowest BCUT2D eigenvalue weighted by Crippen LogP contribution is -2.32. The lowest BCUT2D eigenvalue weighted by atomic mass is 10.1. The summed E-state index contributed by atoms with van der Waals surface area (Å²) in [6, 6.07) is 4.53. The highest BCUT2D eigenvalue weighted by Crippen LogP contribution is 2.21. The van der Waals surface area contributed by atoms with Crippen LogP contribution in [0.25, 0.3) is 0 Å². The maximum absolute atomic E-state index is 11.8. The number of aryl methyl sites for hydroxylation is 1. The second-order valence-corrected chi connectivity index (χ2v) is 6.63. The number of carbonyl (C=O) groups excluding carboxylic acids is 1. The number of aromatic carboxylic acids is 1. The standard InChI is InChI=1S/C12H15NO5S/c1-7-5-4-6-9(12(15)16)10(7)13-11(14)8(2)19(3,17)18/h4-6,8H,1-3H3,(H,13,14)(H,15,16). The molecule has 1 aromatic rings. The van der Waals surface area contributed by atoms with Gasteiger partial charge in [0.2, 0.25) is 5.91 Å². The summed E-state index contributed by atoms with van der Waals surface area (Å²) in [5, 5.41) is 10.2. The highest BCUT2D eigenvalue weighted by molar-refractivity contribution is 7.92. The van der Waals surface area contributed by atoms with Gasteiger partial charge < -0.3 is 10.4 Å². The summed E-state index contributed by atoms with van der Waals surface area (Å²) >= 11 is 0. The van der Waals surface area contributed by atoms with Crippen LogP contribution in [0.15, 0.2) is 18.2 Å². The smallest absolute Gasteiger partial charge is 0.337 e. The molecule has 19 heavy (non-hydrogen) atoms. The molecule has 0 aliphatic heterocycles. The quantitative estimate of drug-likeness (QED) is 0.861. The molecular weight excluding hydrogens is 270 g/mol. The van der Waals surface area contributed by atoms with Crippen molar-refractivity contribution < 1.29 is 23.1 Å². The Kier molecular flexibility index (Phi) is 4.31. The molecule has 0 aliphatic rings. The van der Waals surface area contributed by atoms with Gasteiger partial charge in [0.25, 0.3) is 0 Å². The zero-order valence-corrected chi connectivity index (χ0v) is 11.6. The minimum atomic E-state index is -3.53. The topological polar surface area (TPSA) is 101 Å². The molecule has 7 heteroatoms. The highest BCUT2D eigenvalue weighted by Gasteiger charge is 2.25. The molecule has 0 bridgehead atoms. The third kappa shape index (κ3) is 3.54. The van der Waals surface area contributed by atoms with Crippen LogP contribution in [0.4, 0.5) is 5.69 Å². The van der Waals surface area contributed by atoms with Gasteiger partial charge in [0, 0.05) is 6.26 Å². The fourth-order valence-corrected chi connectivity index (χ4v) is 1.88. The number of carboxylic acid groups (broad SMARTS) is 1. The number of rotatable bonds is 4. The molecule has 0 aromatic heterocycles. The molecule has 1 rings (SSSR count). The first-order valence-electron chi connectivity index (χ1n) is 5.47. The molecule has 104 valence electrons. The van der Waals surface area contributed by atoms with Crippen LogP contribution in [0, 0.1) is 6.92 Å². The number of nitrogens with one attached hydrogen (secondary N) is 1. The van der Waals surface area contributed by atoms with Crippen LogP contribution in [0.5, 0.6) is 0 Å². The number of anilines is 1. The van der Waals surface area contributed by atoms with Crippen LogP contribution < -0.4 is 5.32 Å². The average Bonchev–Trinajstić information content (AvgIpc) is 2.29. The lowest BCUT2D eigenvalue weighted by Gasteiger charge is -2.14. The van der Waals surface area contributed by atoms with Crippen molar-refractivity contribution in [2.45, 2.75) is 19.1 Å². The van der Waals surface area contributed by atoms with E-state index in [9.17, 15) is 18.0 Å². The van der Waals surface area contributed by atoms with E-state index < -0.39 is 27.0 Å². The Morgan fingerprint density at radius 2 is 1.89 bits per heavy atom. The average molecular weight is 285 g/mol. The van der Waals surface area contributed by atoms with Crippen LogP contribution in [-0.2, 0) is 14.6 Å². The van der Waals surface area contributed by atoms with Gasteiger partial charge in [-0.05, 0) is 25.5 Å². The maximum atomic E-state index is 11.8. The van der Waals surface area contributed by atoms with E-state index in [0.29, 0.717) is 5.56 Å². The number of amides is 1. The molecule has 0 heterocycles. The minimum absolute atomic E-state index is 0.0750. The second kappa shape index (κ2) is 5.40. The summed E-state index contributed by atoms with van der Waals surface area (Å²) in [5.74, 6) is -1.94. The molecule has 0 spiro atoms. The van der Waals surface area contributed by atoms with E-state index in [-0.39, 0.29) is 11.3 Å². The molecule has 1 amide bonds. The van der Waals surface area contributed by atoms with Crippen molar-refractivity contribution in [2.75, 3.05) is 11.6 Å². The number of hydrogen-bond donors (Lipinski definition) is 2. The van der Waals surface area contributed by atoms with Gasteiger partial charge >= 0.3 is 5.97 Å². The number of carboxylic acids is 1. The van der Waals surface area contributed by atoms with Crippen molar-refractivity contribution in [3.8, 4) is 0 Å². The van der Waals surface area contributed by atoms with E-state index in [1.807, 2.05) is 0 Å². The van der Waals surface area contributed by atoms with E-state index in [1.54, 1.807) is 19.1 Å². The number of sulfone groups is 1. The lowest BCUT2D eigenvalue weighted by molar-refractivity contribution is -0.115. The van der Waals surface area contributed by atoms with Gasteiger partial charge in [0.05, 0.1) is 11.3 Å². The van der Waals surface area contributed by atoms with Crippen LogP contribution >= 0.6 is 0 Å². The largest absolute Gasteiger partial charge is 0.478 e. The summed E-state index contributed by atoms with van der Waals surface area (Å²) < 4.78 is 22.6. The van der Waals surface area contributed by atoms with Crippen molar-refractivity contribution in [3.05, 3.63) is 29.3 Å². The summed E-state index contributed by atoms with van der Waals surface area (Å²) in [4.78, 5) is 22.9. The summed E-state index contributed by atoms with van der Waals surface area (Å²) in [7, 11) is -3.53. The van der Waals surface area contributed by atoms with Gasteiger partial charge in [-0.15, -0.1) is 0 Å². The zero-order chi connectivity index (χ0) is 14.8. The number of carbonyl (C=O) groups is 2. The Bertz CT molecular complexity index is 621. The van der Waals surface area contributed by atoms with Crippen molar-refractivity contribution in [1.82, 2.24) is 0 Å². The predicted octanol–water partition coefficient (Wildman–Crippen LogP) is 1.06. The van der Waals surface area contributed by atoms with Crippen molar-refractivity contribution in [1.29, 1.82) is 0 Å². The van der Waals surface area contributed by atoms with E-state index in [0.717, 1.165) is 6.26 Å². The van der Waals surface area contributed by atoms with Gasteiger partial charge in [0.1, 0.15) is 5.25 Å². The van der Waals surface area contributed by atoms with Gasteiger partial charge in [-0.1, -0.05) is 12.1 Å². The molecule has 1 atom stereocenters. The van der Waals surface area contributed by atoms with Crippen molar-refractivity contribution >= 4 is 27.4 Å². The predicted molar refractivity (Wildman–Crippen MR) is 71.1 cm³/mol. The SMILES string of the molecule is Cc1cccc(C(=O)O)c1NC(=O)C(C)S(C)(=O)=O. The molecule has 0 radical (unpaired) electrons. The van der Waals surface area contributed by atoms with Crippen LogP contribution in [0.2, 0.25) is 0 Å². The Labute approximate surface area is 111 Å². The fraction of sp³-hybridized carbons (Fsp3) is 0.333. The van der Waals surface area contributed by atoms with E-state index >= 15 is 0 Å². The Morgan fingerprint density at radius 1 is 1.32 bits per heavy atom. The monoisotopic (exact) mass is 285 g/mol. The van der Waals surface area contributed by atoms with E-state index in [1.165, 1.54) is 13.0 Å². The molecular formula is C12H15NO5S. The molecule has 0 aliphatic carbocycles. The summed E-state index contributed by atoms with van der Waals surface area (Å²) in [5.41, 5.74) is 0.596. The molecule has 0 fully saturated rings. The van der Waals surface area contributed by atoms with Gasteiger partial charge in [-0.2, -0.15) is 0 Å². The molecule has 6 nitrogen and oxygen atoms in total. The first-order valence-corrected chi connectivity index (χ1v) is 7.42. The summed E-state index contributed by atoms with van der Waals surface area (Å²) in [6.07, 6.45) is 0.952. The number of para-hydroxylation sites is 1. The van der Waals surface area contributed by atoms with Crippen molar-refractivity contribution in [3.63, 3.8) is 0 Å². The van der Waals surface area contributed by atoms with Gasteiger partial charge in [-0.25, -0.2) is 13.2 Å². The fourth-order valence-electron chi connectivity index (χ4n) is 1.43. The Balaban J connectivity index is 3.13. The maximum Gasteiger partial charge on any atom is 0.337 e. The van der Waals surface area contributed by atoms with Crippen LogP contribution in [-0.4, -0.2) is 36.9 Å². The van der Waals surface area contributed by atoms with Crippen molar-refractivity contribution in [2.24, 2.45) is 0 Å². The van der Waals surface area contributed by atoms with Gasteiger partial charge in [-0.3, -0.25) is 4.79 Å². The Morgan fingerprint density at radius 3 is 2.37 bits per heavy atom. The first-order chi connectivity index (χ1) is 8.64. The van der Waals surface area contributed by atoms with Gasteiger partial charge in [0.15, 0.2) is 9.84 Å². The molecule has 0 saturated heterocycles. The van der Waals surface area contributed by atoms with E-state index in [4.69, 9.17) is 5.11 Å². The molecule has 1 aromatic carbocycles. The first kappa shape index (κ1) is 15.2. The van der Waals surface area contributed by atoms with Crippen LogP contribution in [0.1, 0.15) is 22.8 Å². The zero-order valence-electron chi connectivity index (χ0n) is 10.8. The highest BCUT2D eigenvalue weighted by atomic mass is 32.2. The second-order valence-electron chi connectivity index (χ2n) is 4.26. The molecule has 2 N–H and O–H groups in total. The number of hydrogen-bond acceptors (Lipinski definition) is 4. The molecule has 0 saturated carbocycles. The third-order valence-corrected chi connectivity index (χ3v) is 4.26. The molecule has 1 unspecified atom stereocenters. The summed E-state index contributed by atoms with van der Waals surface area (Å²) in [6.45, 7) is 2.89. The Hall–Kier alpha value is -1.89. The number of benzene rings is 1. The minimum Gasteiger partial charge on any atom is -0.478 e.